The number of ether oxygens (including phenoxy) is 2. The first-order chi connectivity index (χ1) is 16.8. The molecule has 0 aliphatic rings. The number of carbonyl (C=O) groups excluding carboxylic acids is 1. The summed E-state index contributed by atoms with van der Waals surface area (Å²) in [6, 6.07) is 20.2. The van der Waals surface area contributed by atoms with Gasteiger partial charge in [0.25, 0.3) is 15.9 Å². The number of amides is 1. The summed E-state index contributed by atoms with van der Waals surface area (Å²) >= 11 is 0. The Kier molecular flexibility index (Phi) is 8.86. The molecule has 0 heterocycles. The lowest BCUT2D eigenvalue weighted by atomic mass is 10.2. The van der Waals surface area contributed by atoms with Crippen LogP contribution in [0.25, 0.3) is 0 Å². The van der Waals surface area contributed by atoms with Crippen LogP contribution in [0, 0.1) is 6.92 Å². The molecule has 1 N–H and O–H groups in total. The lowest BCUT2D eigenvalue weighted by Crippen LogP contribution is -2.39. The van der Waals surface area contributed by atoms with Crippen molar-refractivity contribution >= 4 is 27.8 Å². The number of rotatable bonds is 11. The topological polar surface area (TPSA) is 97.3 Å². The van der Waals surface area contributed by atoms with Gasteiger partial charge < -0.3 is 9.47 Å². The summed E-state index contributed by atoms with van der Waals surface area (Å²) in [5.74, 6) is 0.721. The first-order valence-electron chi connectivity index (χ1n) is 11.2. The summed E-state index contributed by atoms with van der Waals surface area (Å²) in [4.78, 5) is 12.7. The molecule has 0 aromatic heterocycles. The summed E-state index contributed by atoms with van der Waals surface area (Å²) in [7, 11) is -4.03. The highest BCUT2D eigenvalue weighted by molar-refractivity contribution is 7.92. The minimum absolute atomic E-state index is 0.0483. The number of carbonyl (C=O) groups is 1. The molecule has 184 valence electrons. The van der Waals surface area contributed by atoms with Crippen molar-refractivity contribution in [2.75, 3.05) is 24.1 Å². The van der Waals surface area contributed by atoms with Crippen LogP contribution in [-0.4, -0.2) is 40.3 Å². The molecular weight excluding hydrogens is 466 g/mol. The molecule has 0 radical (unpaired) electrons. The van der Waals surface area contributed by atoms with Crippen molar-refractivity contribution in [1.82, 2.24) is 5.43 Å². The summed E-state index contributed by atoms with van der Waals surface area (Å²) < 4.78 is 38.8. The van der Waals surface area contributed by atoms with E-state index < -0.39 is 22.5 Å². The number of nitrogens with zero attached hydrogens (tertiary/aromatic N) is 2. The Labute approximate surface area is 206 Å². The third-order valence-corrected chi connectivity index (χ3v) is 6.71. The summed E-state index contributed by atoms with van der Waals surface area (Å²) in [5, 5.41) is 3.96. The Morgan fingerprint density at radius 3 is 1.97 bits per heavy atom. The Hall–Kier alpha value is -3.85. The van der Waals surface area contributed by atoms with Gasteiger partial charge in [0.1, 0.15) is 18.0 Å². The SMILES string of the molecule is CCOc1ccc(C=NNC(=O)CN(c2ccc(C)cc2)S(=O)(=O)c2ccc(OCC)cc2)cc1. The van der Waals surface area contributed by atoms with E-state index in [1.807, 2.05) is 20.8 Å². The predicted octanol–water partition coefficient (Wildman–Crippen LogP) is 4.14. The van der Waals surface area contributed by atoms with Gasteiger partial charge in [-0.3, -0.25) is 9.10 Å². The van der Waals surface area contributed by atoms with Crippen molar-refractivity contribution in [3.8, 4) is 11.5 Å². The van der Waals surface area contributed by atoms with Gasteiger partial charge >= 0.3 is 0 Å². The smallest absolute Gasteiger partial charge is 0.264 e. The predicted molar refractivity (Wildman–Crippen MR) is 137 cm³/mol. The van der Waals surface area contributed by atoms with Gasteiger partial charge in [-0.2, -0.15) is 5.10 Å². The first kappa shape index (κ1) is 25.8. The second kappa shape index (κ2) is 12.0. The number of hydrazone groups is 1. The first-order valence-corrected chi connectivity index (χ1v) is 12.6. The van der Waals surface area contributed by atoms with Gasteiger partial charge in [-0.15, -0.1) is 0 Å². The zero-order valence-corrected chi connectivity index (χ0v) is 20.8. The molecular formula is C26H29N3O5S. The van der Waals surface area contributed by atoms with Crippen molar-refractivity contribution in [2.24, 2.45) is 5.10 Å². The molecule has 0 spiro atoms. The largest absolute Gasteiger partial charge is 0.494 e. The second-order valence-electron chi connectivity index (χ2n) is 7.55. The lowest BCUT2D eigenvalue weighted by Gasteiger charge is -2.24. The highest BCUT2D eigenvalue weighted by Gasteiger charge is 2.27. The summed E-state index contributed by atoms with van der Waals surface area (Å²) in [5.41, 5.74) is 4.50. The Morgan fingerprint density at radius 2 is 1.43 bits per heavy atom. The van der Waals surface area contributed by atoms with Crippen molar-refractivity contribution in [1.29, 1.82) is 0 Å². The van der Waals surface area contributed by atoms with E-state index in [2.05, 4.69) is 10.5 Å². The van der Waals surface area contributed by atoms with Crippen LogP contribution in [0.15, 0.2) is 82.8 Å². The van der Waals surface area contributed by atoms with Crippen molar-refractivity contribution in [3.63, 3.8) is 0 Å². The number of aryl methyl sites for hydroxylation is 1. The van der Waals surface area contributed by atoms with Gasteiger partial charge in [-0.25, -0.2) is 13.8 Å². The molecule has 3 rings (SSSR count). The highest BCUT2D eigenvalue weighted by Crippen LogP contribution is 2.25. The van der Waals surface area contributed by atoms with Crippen LogP contribution in [0.1, 0.15) is 25.0 Å². The minimum atomic E-state index is -4.03. The molecule has 0 aliphatic heterocycles. The molecule has 8 nitrogen and oxygen atoms in total. The van der Waals surface area contributed by atoms with E-state index in [-0.39, 0.29) is 4.90 Å². The monoisotopic (exact) mass is 495 g/mol. The van der Waals surface area contributed by atoms with Crippen LogP contribution in [-0.2, 0) is 14.8 Å². The molecule has 3 aromatic rings. The molecule has 9 heteroatoms. The molecule has 0 atom stereocenters. The van der Waals surface area contributed by atoms with Gasteiger partial charge in [0.05, 0.1) is 30.0 Å². The maximum Gasteiger partial charge on any atom is 0.264 e. The maximum atomic E-state index is 13.5. The Morgan fingerprint density at radius 1 is 0.886 bits per heavy atom. The van der Waals surface area contributed by atoms with Crippen LogP contribution in [0.5, 0.6) is 11.5 Å². The van der Waals surface area contributed by atoms with Crippen molar-refractivity contribution in [2.45, 2.75) is 25.7 Å². The second-order valence-corrected chi connectivity index (χ2v) is 9.41. The van der Waals surface area contributed by atoms with Crippen LogP contribution in [0.2, 0.25) is 0 Å². The molecule has 0 unspecified atom stereocenters. The van der Waals surface area contributed by atoms with Crippen LogP contribution in [0.4, 0.5) is 5.69 Å². The van der Waals surface area contributed by atoms with E-state index in [9.17, 15) is 13.2 Å². The zero-order chi connectivity index (χ0) is 25.3. The van der Waals surface area contributed by atoms with Gasteiger partial charge in [-0.05, 0) is 87.0 Å². The Balaban J connectivity index is 1.78. The standard InChI is InChI=1S/C26H29N3O5S/c1-4-33-23-12-8-21(9-13-23)18-27-28-26(30)19-29(22-10-6-20(3)7-11-22)35(31,32)25-16-14-24(15-17-25)34-5-2/h6-18H,4-5,19H2,1-3H3,(H,28,30). The molecule has 3 aromatic carbocycles. The number of anilines is 1. The third kappa shape index (κ3) is 7.07. The van der Waals surface area contributed by atoms with E-state index in [1.165, 1.54) is 18.3 Å². The fraction of sp³-hybridized carbons (Fsp3) is 0.231. The van der Waals surface area contributed by atoms with Crippen LogP contribution < -0.4 is 19.2 Å². The van der Waals surface area contributed by atoms with Gasteiger partial charge in [0.15, 0.2) is 0 Å². The maximum absolute atomic E-state index is 13.5. The normalized spacial score (nSPS) is 11.3. The van der Waals surface area contributed by atoms with Crippen molar-refractivity contribution in [3.05, 3.63) is 83.9 Å². The Bertz CT molecular complexity index is 1240. The fourth-order valence-electron chi connectivity index (χ4n) is 3.19. The molecule has 0 aliphatic carbocycles. The van der Waals surface area contributed by atoms with E-state index in [0.717, 1.165) is 21.2 Å². The van der Waals surface area contributed by atoms with Gasteiger partial charge in [0.2, 0.25) is 0 Å². The number of hydrogen-bond acceptors (Lipinski definition) is 6. The lowest BCUT2D eigenvalue weighted by molar-refractivity contribution is -0.119. The van der Waals surface area contributed by atoms with E-state index >= 15 is 0 Å². The minimum Gasteiger partial charge on any atom is -0.494 e. The van der Waals surface area contributed by atoms with E-state index in [0.29, 0.717) is 24.7 Å². The summed E-state index contributed by atoms with van der Waals surface area (Å²) in [6.07, 6.45) is 1.48. The highest BCUT2D eigenvalue weighted by atomic mass is 32.2. The van der Waals surface area contributed by atoms with Crippen molar-refractivity contribution < 1.29 is 22.7 Å². The molecule has 0 saturated carbocycles. The summed E-state index contributed by atoms with van der Waals surface area (Å²) in [6.45, 7) is 6.25. The number of benzene rings is 3. The average molecular weight is 496 g/mol. The molecule has 0 saturated heterocycles. The average Bonchev–Trinajstić information content (AvgIpc) is 2.85. The van der Waals surface area contributed by atoms with Crippen LogP contribution >= 0.6 is 0 Å². The molecule has 35 heavy (non-hydrogen) atoms. The molecule has 0 bridgehead atoms. The quantitative estimate of drug-likeness (QED) is 0.319. The fourth-order valence-corrected chi connectivity index (χ4v) is 4.61. The van der Waals surface area contributed by atoms with E-state index in [4.69, 9.17) is 9.47 Å². The number of nitrogens with one attached hydrogen (secondary N) is 1. The van der Waals surface area contributed by atoms with Gasteiger partial charge in [-0.1, -0.05) is 17.7 Å². The van der Waals surface area contributed by atoms with Crippen LogP contribution in [0.3, 0.4) is 0 Å². The third-order valence-electron chi connectivity index (χ3n) is 4.93. The zero-order valence-electron chi connectivity index (χ0n) is 20.0. The number of sulfonamides is 1. The molecule has 0 fully saturated rings. The molecule has 1 amide bonds. The number of hydrogen-bond donors (Lipinski definition) is 1. The van der Waals surface area contributed by atoms with Gasteiger partial charge in [0, 0.05) is 0 Å². The van der Waals surface area contributed by atoms with E-state index in [1.54, 1.807) is 60.7 Å².